The average molecular weight is 277 g/mol. The van der Waals surface area contributed by atoms with Crippen molar-refractivity contribution in [3.8, 4) is 0 Å². The molecule has 0 unspecified atom stereocenters. The number of hydrogen-bond acceptors (Lipinski definition) is 6. The van der Waals surface area contributed by atoms with Gasteiger partial charge in [-0.25, -0.2) is 9.37 Å². The van der Waals surface area contributed by atoms with Crippen molar-refractivity contribution in [1.82, 2.24) is 9.97 Å². The largest absolute Gasteiger partial charge is 0.357 e. The summed E-state index contributed by atoms with van der Waals surface area (Å²) in [6, 6.07) is 4.09. The Morgan fingerprint density at radius 1 is 1.40 bits per heavy atom. The molecular weight excluding hydrogens is 265 g/mol. The van der Waals surface area contributed by atoms with Crippen LogP contribution in [0.5, 0.6) is 0 Å². The number of nitro groups is 1. The first-order chi connectivity index (χ1) is 9.51. The van der Waals surface area contributed by atoms with Gasteiger partial charge in [0.1, 0.15) is 12.0 Å². The van der Waals surface area contributed by atoms with Crippen LogP contribution in [0.25, 0.3) is 0 Å². The molecule has 20 heavy (non-hydrogen) atoms. The monoisotopic (exact) mass is 277 g/mol. The van der Waals surface area contributed by atoms with Crippen LogP contribution in [0, 0.1) is 22.9 Å². The Hall–Kier alpha value is -2.77. The maximum absolute atomic E-state index is 13.0. The number of nitrogens with one attached hydrogen (secondary N) is 2. The first-order valence-corrected chi connectivity index (χ1v) is 5.73. The molecule has 1 aromatic heterocycles. The van der Waals surface area contributed by atoms with Crippen molar-refractivity contribution in [1.29, 1.82) is 0 Å². The van der Waals surface area contributed by atoms with E-state index in [2.05, 4.69) is 20.6 Å². The molecule has 8 heteroatoms. The minimum atomic E-state index is -0.583. The molecule has 104 valence electrons. The molecule has 0 aliphatic heterocycles. The minimum absolute atomic E-state index is 0.0454. The number of rotatable bonds is 4. The molecular formula is C12H12FN5O2. The van der Waals surface area contributed by atoms with Crippen LogP contribution in [-0.2, 0) is 0 Å². The lowest BCUT2D eigenvalue weighted by molar-refractivity contribution is -0.384. The zero-order chi connectivity index (χ0) is 14.7. The molecule has 0 amide bonds. The third-order valence-electron chi connectivity index (χ3n) is 2.63. The number of halogens is 1. The Kier molecular flexibility index (Phi) is 3.74. The Morgan fingerprint density at radius 3 is 2.75 bits per heavy atom. The SMILES string of the molecule is CNc1ncc([N+](=O)[O-])c(Nc2ccc(F)cc2C)n1. The first-order valence-electron chi connectivity index (χ1n) is 5.73. The molecule has 0 saturated carbocycles. The van der Waals surface area contributed by atoms with Gasteiger partial charge in [-0.05, 0) is 30.7 Å². The third kappa shape index (κ3) is 2.79. The maximum atomic E-state index is 13.0. The van der Waals surface area contributed by atoms with Crippen molar-refractivity contribution >= 4 is 23.1 Å². The van der Waals surface area contributed by atoms with Crippen LogP contribution >= 0.6 is 0 Å². The van der Waals surface area contributed by atoms with Crippen LogP contribution < -0.4 is 10.6 Å². The number of aromatic nitrogens is 2. The van der Waals surface area contributed by atoms with E-state index in [0.29, 0.717) is 11.3 Å². The lowest BCUT2D eigenvalue weighted by Crippen LogP contribution is -2.05. The van der Waals surface area contributed by atoms with E-state index in [0.717, 1.165) is 6.20 Å². The van der Waals surface area contributed by atoms with Gasteiger partial charge in [0.05, 0.1) is 4.92 Å². The minimum Gasteiger partial charge on any atom is -0.357 e. The summed E-state index contributed by atoms with van der Waals surface area (Å²) in [5.41, 5.74) is 0.895. The van der Waals surface area contributed by atoms with E-state index in [1.54, 1.807) is 14.0 Å². The normalized spacial score (nSPS) is 10.2. The van der Waals surface area contributed by atoms with Gasteiger partial charge in [0, 0.05) is 12.7 Å². The summed E-state index contributed by atoms with van der Waals surface area (Å²) in [6.07, 6.45) is 1.11. The highest BCUT2D eigenvalue weighted by Crippen LogP contribution is 2.27. The second-order valence-corrected chi connectivity index (χ2v) is 4.02. The Labute approximate surface area is 114 Å². The molecule has 0 bridgehead atoms. The van der Waals surface area contributed by atoms with Crippen molar-refractivity contribution < 1.29 is 9.31 Å². The number of aryl methyl sites for hydroxylation is 1. The van der Waals surface area contributed by atoms with E-state index >= 15 is 0 Å². The van der Waals surface area contributed by atoms with Crippen molar-refractivity contribution in [3.05, 3.63) is 45.9 Å². The van der Waals surface area contributed by atoms with E-state index in [1.165, 1.54) is 18.2 Å². The number of anilines is 3. The number of hydrogen-bond donors (Lipinski definition) is 2. The molecule has 0 spiro atoms. The summed E-state index contributed by atoms with van der Waals surface area (Å²) in [7, 11) is 1.61. The Bertz CT molecular complexity index is 662. The predicted molar refractivity (Wildman–Crippen MR) is 72.7 cm³/mol. The van der Waals surface area contributed by atoms with Gasteiger partial charge in [0.2, 0.25) is 11.8 Å². The third-order valence-corrected chi connectivity index (χ3v) is 2.63. The summed E-state index contributed by atoms with van der Waals surface area (Å²) in [4.78, 5) is 18.2. The van der Waals surface area contributed by atoms with Gasteiger partial charge in [-0.2, -0.15) is 4.98 Å². The van der Waals surface area contributed by atoms with Gasteiger partial charge < -0.3 is 10.6 Å². The van der Waals surface area contributed by atoms with Crippen molar-refractivity contribution in [2.45, 2.75) is 6.92 Å². The van der Waals surface area contributed by atoms with Gasteiger partial charge >= 0.3 is 5.69 Å². The molecule has 7 nitrogen and oxygen atoms in total. The summed E-state index contributed by atoms with van der Waals surface area (Å²) in [5, 5.41) is 16.5. The van der Waals surface area contributed by atoms with Crippen LogP contribution in [0.1, 0.15) is 5.56 Å². The van der Waals surface area contributed by atoms with Gasteiger partial charge in [0.15, 0.2) is 0 Å². The van der Waals surface area contributed by atoms with Crippen LogP contribution in [-0.4, -0.2) is 21.9 Å². The van der Waals surface area contributed by atoms with Crippen molar-refractivity contribution in [2.75, 3.05) is 17.7 Å². The quantitative estimate of drug-likeness (QED) is 0.659. The van der Waals surface area contributed by atoms with Gasteiger partial charge in [-0.15, -0.1) is 0 Å². The van der Waals surface area contributed by atoms with Crippen LogP contribution in [0.4, 0.5) is 27.5 Å². The highest BCUT2D eigenvalue weighted by molar-refractivity contribution is 5.68. The van der Waals surface area contributed by atoms with E-state index in [1.807, 2.05) is 0 Å². The maximum Gasteiger partial charge on any atom is 0.329 e. The van der Waals surface area contributed by atoms with E-state index in [-0.39, 0.29) is 23.3 Å². The van der Waals surface area contributed by atoms with Gasteiger partial charge in [-0.3, -0.25) is 10.1 Å². The Balaban J connectivity index is 2.43. The zero-order valence-electron chi connectivity index (χ0n) is 10.8. The second kappa shape index (κ2) is 5.47. The molecule has 0 atom stereocenters. The average Bonchev–Trinajstić information content (AvgIpc) is 2.41. The van der Waals surface area contributed by atoms with Crippen molar-refractivity contribution in [2.24, 2.45) is 0 Å². The van der Waals surface area contributed by atoms with Gasteiger partial charge in [-0.1, -0.05) is 0 Å². The lowest BCUT2D eigenvalue weighted by atomic mass is 10.2. The standard InChI is InChI=1S/C12H12FN5O2/c1-7-5-8(13)3-4-9(7)16-11-10(18(19)20)6-15-12(14-2)17-11/h3-6H,1-2H3,(H2,14,15,16,17). The summed E-state index contributed by atoms with van der Waals surface area (Å²) in [5.74, 6) is -0.0805. The second-order valence-electron chi connectivity index (χ2n) is 4.02. The Morgan fingerprint density at radius 2 is 2.15 bits per heavy atom. The zero-order valence-corrected chi connectivity index (χ0v) is 10.8. The number of nitrogens with zero attached hydrogens (tertiary/aromatic N) is 3. The fourth-order valence-corrected chi connectivity index (χ4v) is 1.62. The summed E-state index contributed by atoms with van der Waals surface area (Å²) < 4.78 is 13.0. The molecule has 2 aromatic rings. The summed E-state index contributed by atoms with van der Waals surface area (Å²) in [6.45, 7) is 1.69. The van der Waals surface area contributed by atoms with E-state index in [9.17, 15) is 14.5 Å². The molecule has 2 rings (SSSR count). The lowest BCUT2D eigenvalue weighted by Gasteiger charge is -2.09. The molecule has 2 N–H and O–H groups in total. The van der Waals surface area contributed by atoms with Gasteiger partial charge in [0.25, 0.3) is 0 Å². The van der Waals surface area contributed by atoms with Crippen molar-refractivity contribution in [3.63, 3.8) is 0 Å². The van der Waals surface area contributed by atoms with Crippen LogP contribution in [0.3, 0.4) is 0 Å². The van der Waals surface area contributed by atoms with Crippen LogP contribution in [0.2, 0.25) is 0 Å². The summed E-state index contributed by atoms with van der Waals surface area (Å²) >= 11 is 0. The molecule has 0 aliphatic carbocycles. The molecule has 0 aliphatic rings. The van der Waals surface area contributed by atoms with Crippen LogP contribution in [0.15, 0.2) is 24.4 Å². The predicted octanol–water partition coefficient (Wildman–Crippen LogP) is 2.62. The molecule has 0 radical (unpaired) electrons. The smallest absolute Gasteiger partial charge is 0.329 e. The fourth-order valence-electron chi connectivity index (χ4n) is 1.62. The highest BCUT2D eigenvalue weighted by Gasteiger charge is 2.17. The highest BCUT2D eigenvalue weighted by atomic mass is 19.1. The molecule has 1 heterocycles. The number of benzene rings is 1. The molecule has 1 aromatic carbocycles. The first kappa shape index (κ1) is 13.7. The van der Waals surface area contributed by atoms with E-state index < -0.39 is 4.92 Å². The topological polar surface area (TPSA) is 93.0 Å². The molecule has 0 fully saturated rings. The van der Waals surface area contributed by atoms with E-state index in [4.69, 9.17) is 0 Å². The molecule has 0 saturated heterocycles. The fraction of sp³-hybridized carbons (Fsp3) is 0.167.